The topological polar surface area (TPSA) is 73.7 Å². The number of aliphatic imine (C=N–C) groups is 1. The third-order valence-corrected chi connectivity index (χ3v) is 6.33. The van der Waals surface area contributed by atoms with Crippen LogP contribution in [-0.4, -0.2) is 79.2 Å². The van der Waals surface area contributed by atoms with Gasteiger partial charge in [0.1, 0.15) is 5.52 Å². The third-order valence-electron chi connectivity index (χ3n) is 6.33. The fourth-order valence-corrected chi connectivity index (χ4v) is 4.76. The highest BCUT2D eigenvalue weighted by molar-refractivity contribution is 6.01. The van der Waals surface area contributed by atoms with Crippen LogP contribution in [0.3, 0.4) is 0 Å². The average Bonchev–Trinajstić information content (AvgIpc) is 2.74. The maximum Gasteiger partial charge on any atom is 0.267 e. The summed E-state index contributed by atoms with van der Waals surface area (Å²) in [6.07, 6.45) is 6.79. The van der Waals surface area contributed by atoms with Crippen LogP contribution >= 0.6 is 0 Å². The van der Waals surface area contributed by atoms with Crippen molar-refractivity contribution < 1.29 is 13.6 Å². The summed E-state index contributed by atoms with van der Waals surface area (Å²) in [7, 11) is 3.74. The van der Waals surface area contributed by atoms with Gasteiger partial charge in [0.15, 0.2) is 0 Å². The number of carbonyl (C=O) groups excluding carboxylic acids is 1. The van der Waals surface area contributed by atoms with E-state index in [9.17, 15) is 13.6 Å². The number of benzene rings is 1. The number of rotatable bonds is 5. The number of piperidine rings is 2. The summed E-state index contributed by atoms with van der Waals surface area (Å²) in [5.41, 5.74) is 2.55. The Kier molecular flexibility index (Phi) is 6.64. The van der Waals surface area contributed by atoms with Gasteiger partial charge < -0.3 is 15.1 Å². The van der Waals surface area contributed by atoms with Crippen molar-refractivity contribution in [3.63, 3.8) is 0 Å². The molecule has 1 unspecified atom stereocenters. The van der Waals surface area contributed by atoms with Crippen molar-refractivity contribution in [1.29, 1.82) is 0 Å². The first-order chi connectivity index (χ1) is 15.3. The molecule has 1 atom stereocenters. The van der Waals surface area contributed by atoms with Crippen molar-refractivity contribution in [1.82, 2.24) is 20.2 Å². The number of nitrogens with zero attached hydrogens (tertiary/aromatic N) is 5. The molecule has 4 rings (SSSR count). The number of alkyl halides is 2. The van der Waals surface area contributed by atoms with E-state index in [0.29, 0.717) is 35.6 Å². The molecule has 9 heteroatoms. The molecule has 1 aromatic carbocycles. The number of fused-ring (bicyclic) bond motifs is 1. The lowest BCUT2D eigenvalue weighted by atomic mass is 9.93. The number of anilines is 1. The van der Waals surface area contributed by atoms with Crippen LogP contribution in [0.2, 0.25) is 0 Å². The molecule has 0 saturated carbocycles. The summed E-state index contributed by atoms with van der Waals surface area (Å²) in [4.78, 5) is 29.3. The summed E-state index contributed by atoms with van der Waals surface area (Å²) >= 11 is 0. The Balaban J connectivity index is 1.51. The maximum absolute atomic E-state index is 14.7. The number of likely N-dealkylation sites (tertiary alicyclic amines) is 1. The molecule has 2 fully saturated rings. The lowest BCUT2D eigenvalue weighted by Crippen LogP contribution is -2.55. The largest absolute Gasteiger partial charge is 0.362 e. The van der Waals surface area contributed by atoms with Crippen LogP contribution in [0.25, 0.3) is 11.0 Å². The smallest absolute Gasteiger partial charge is 0.267 e. The highest BCUT2D eigenvalue weighted by Gasteiger charge is 2.41. The Morgan fingerprint density at radius 1 is 1.25 bits per heavy atom. The zero-order valence-electron chi connectivity index (χ0n) is 18.6. The van der Waals surface area contributed by atoms with Crippen LogP contribution in [0.4, 0.5) is 14.5 Å². The van der Waals surface area contributed by atoms with E-state index in [2.05, 4.69) is 32.2 Å². The normalized spacial score (nSPS) is 22.5. The van der Waals surface area contributed by atoms with Crippen LogP contribution in [-0.2, 0) is 4.79 Å². The minimum Gasteiger partial charge on any atom is -0.362 e. The summed E-state index contributed by atoms with van der Waals surface area (Å²) in [5.74, 6) is -2.73. The van der Waals surface area contributed by atoms with Crippen molar-refractivity contribution >= 4 is 28.8 Å². The number of hydrogen-bond acceptors (Lipinski definition) is 6. The fraction of sp³-hybridized carbons (Fsp3) is 0.565. The van der Waals surface area contributed by atoms with Gasteiger partial charge >= 0.3 is 0 Å². The van der Waals surface area contributed by atoms with Crippen LogP contribution in [0, 0.1) is 5.92 Å². The van der Waals surface area contributed by atoms with Gasteiger partial charge in [-0.25, -0.2) is 8.78 Å². The van der Waals surface area contributed by atoms with Crippen molar-refractivity contribution in [2.45, 2.75) is 37.6 Å². The van der Waals surface area contributed by atoms with Gasteiger partial charge in [-0.15, -0.1) is 0 Å². The Morgan fingerprint density at radius 2 is 1.97 bits per heavy atom. The molecule has 2 aliphatic heterocycles. The number of nitrogens with one attached hydrogen (secondary N) is 1. The van der Waals surface area contributed by atoms with Gasteiger partial charge in [0.2, 0.25) is 5.91 Å². The quantitative estimate of drug-likeness (QED) is 0.718. The Labute approximate surface area is 186 Å². The molecule has 0 radical (unpaired) electrons. The molecule has 2 aromatic rings. The second-order valence-electron chi connectivity index (χ2n) is 8.97. The first kappa shape index (κ1) is 22.5. The highest BCUT2D eigenvalue weighted by atomic mass is 19.3. The second kappa shape index (κ2) is 9.44. The first-order valence-electron chi connectivity index (χ1n) is 11.1. The molecule has 0 spiro atoms. The van der Waals surface area contributed by atoms with Gasteiger partial charge in [0, 0.05) is 50.6 Å². The third kappa shape index (κ3) is 5.20. The lowest BCUT2D eigenvalue weighted by molar-refractivity contribution is -0.123. The van der Waals surface area contributed by atoms with Crippen LogP contribution in [0.15, 0.2) is 29.5 Å². The molecule has 1 N–H and O–H groups in total. The van der Waals surface area contributed by atoms with Gasteiger partial charge in [0.05, 0.1) is 23.8 Å². The highest BCUT2D eigenvalue weighted by Crippen LogP contribution is 2.34. The summed E-state index contributed by atoms with van der Waals surface area (Å²) in [6.45, 7) is 1.84. The zero-order chi connectivity index (χ0) is 22.7. The Bertz CT molecular complexity index is 990. The molecular weight excluding hydrogens is 414 g/mol. The van der Waals surface area contributed by atoms with Gasteiger partial charge in [-0.1, -0.05) is 0 Å². The molecule has 32 heavy (non-hydrogen) atoms. The predicted octanol–water partition coefficient (Wildman–Crippen LogP) is 2.74. The summed E-state index contributed by atoms with van der Waals surface area (Å²) < 4.78 is 29.4. The molecule has 0 bridgehead atoms. The predicted molar refractivity (Wildman–Crippen MR) is 122 cm³/mol. The molecule has 1 aromatic heterocycles. The van der Waals surface area contributed by atoms with Crippen molar-refractivity contribution in [2.75, 3.05) is 45.2 Å². The van der Waals surface area contributed by atoms with E-state index in [-0.39, 0.29) is 12.3 Å². The second-order valence-corrected chi connectivity index (χ2v) is 8.97. The average molecular weight is 445 g/mol. The number of halogens is 2. The van der Waals surface area contributed by atoms with E-state index in [1.165, 1.54) is 0 Å². The van der Waals surface area contributed by atoms with E-state index in [1.807, 2.05) is 6.07 Å². The van der Waals surface area contributed by atoms with Gasteiger partial charge in [0.25, 0.3) is 5.92 Å². The number of hydrogen-bond donors (Lipinski definition) is 1. The molecule has 2 aliphatic rings. The molecule has 3 heterocycles. The molecule has 0 aliphatic carbocycles. The summed E-state index contributed by atoms with van der Waals surface area (Å²) in [5, 5.41) is 2.88. The van der Waals surface area contributed by atoms with Crippen LogP contribution < -0.4 is 10.2 Å². The van der Waals surface area contributed by atoms with E-state index in [1.54, 1.807) is 36.6 Å². The number of carbonyl (C=O) groups is 1. The van der Waals surface area contributed by atoms with E-state index < -0.39 is 18.5 Å². The monoisotopic (exact) mass is 444 g/mol. The van der Waals surface area contributed by atoms with E-state index >= 15 is 0 Å². The van der Waals surface area contributed by atoms with Crippen molar-refractivity contribution in [2.24, 2.45) is 10.9 Å². The van der Waals surface area contributed by atoms with Gasteiger partial charge in [-0.3, -0.25) is 19.8 Å². The fourth-order valence-electron chi connectivity index (χ4n) is 4.76. The van der Waals surface area contributed by atoms with Crippen molar-refractivity contribution in [3.8, 4) is 0 Å². The van der Waals surface area contributed by atoms with Crippen LogP contribution in [0.5, 0.6) is 0 Å². The Morgan fingerprint density at radius 3 is 2.69 bits per heavy atom. The standard InChI is InChI=1S/C23H30F2N6O/c1-26-13-17-3-4-19(22-21(17)27-7-8-28-22)31-14-18(12-23(24,25)15-31)29-20(32)11-16-5-9-30(2)10-6-16/h3-4,7-8,13,16,18H,5-6,9-12,14-15H2,1-2H3,(H,29,32)/b26-13-. The summed E-state index contributed by atoms with van der Waals surface area (Å²) in [6, 6.07) is 2.98. The first-order valence-corrected chi connectivity index (χ1v) is 11.1. The lowest BCUT2D eigenvalue weighted by Gasteiger charge is -2.39. The van der Waals surface area contributed by atoms with E-state index in [0.717, 1.165) is 31.5 Å². The van der Waals surface area contributed by atoms with Crippen molar-refractivity contribution in [3.05, 3.63) is 30.1 Å². The Hall–Kier alpha value is -2.68. The van der Waals surface area contributed by atoms with Gasteiger partial charge in [-0.2, -0.15) is 0 Å². The maximum atomic E-state index is 14.7. The van der Waals surface area contributed by atoms with Crippen LogP contribution in [0.1, 0.15) is 31.2 Å². The molecule has 2 saturated heterocycles. The SMILES string of the molecule is C/N=C\c1ccc(N2CC(NC(=O)CC3CCN(C)CC3)CC(F)(F)C2)c2nccnc12. The zero-order valence-corrected chi connectivity index (χ0v) is 18.6. The van der Waals surface area contributed by atoms with Gasteiger partial charge in [-0.05, 0) is 51.0 Å². The minimum atomic E-state index is -2.91. The molecular formula is C23H30F2N6O. The molecule has 172 valence electrons. The minimum absolute atomic E-state index is 0.138. The number of aromatic nitrogens is 2. The number of amides is 1. The van der Waals surface area contributed by atoms with E-state index in [4.69, 9.17) is 0 Å². The molecule has 7 nitrogen and oxygen atoms in total. The molecule has 1 amide bonds.